The first-order valence-electron chi connectivity index (χ1n) is 7.19. The maximum absolute atomic E-state index is 12.6. The van der Waals surface area contributed by atoms with Gasteiger partial charge in [0.05, 0.1) is 5.56 Å². The van der Waals surface area contributed by atoms with E-state index in [1.54, 1.807) is 24.0 Å². The Morgan fingerprint density at radius 1 is 1.50 bits per heavy atom. The standard InChI is InChI=1S/C15H18N4O3/c1-10-17-14(18-22-10)9-21-13-5-3-2-4-12(13)15(20)19-7-6-11(16)8-19/h2-5,11H,6-9,16H2,1H3/t11-/m1/s1. The van der Waals surface area contributed by atoms with Gasteiger partial charge in [0.15, 0.2) is 6.61 Å². The van der Waals surface area contributed by atoms with Gasteiger partial charge in [-0.2, -0.15) is 4.98 Å². The molecule has 0 radical (unpaired) electrons. The highest BCUT2D eigenvalue weighted by Gasteiger charge is 2.26. The fraction of sp³-hybridized carbons (Fsp3) is 0.400. The van der Waals surface area contributed by atoms with Gasteiger partial charge in [0.1, 0.15) is 5.75 Å². The Morgan fingerprint density at radius 3 is 3.00 bits per heavy atom. The van der Waals surface area contributed by atoms with Crippen LogP contribution >= 0.6 is 0 Å². The smallest absolute Gasteiger partial charge is 0.257 e. The molecule has 1 aromatic carbocycles. The fourth-order valence-electron chi connectivity index (χ4n) is 2.45. The zero-order valence-electron chi connectivity index (χ0n) is 12.4. The number of hydrogen-bond acceptors (Lipinski definition) is 6. The molecule has 1 atom stereocenters. The molecule has 2 heterocycles. The number of carbonyl (C=O) groups is 1. The summed E-state index contributed by atoms with van der Waals surface area (Å²) in [5.74, 6) is 1.38. The topological polar surface area (TPSA) is 94.5 Å². The first-order valence-corrected chi connectivity index (χ1v) is 7.19. The zero-order valence-corrected chi connectivity index (χ0v) is 12.4. The third-order valence-corrected chi connectivity index (χ3v) is 3.56. The summed E-state index contributed by atoms with van der Waals surface area (Å²) in [4.78, 5) is 18.4. The van der Waals surface area contributed by atoms with Crippen LogP contribution in [-0.4, -0.2) is 40.1 Å². The summed E-state index contributed by atoms with van der Waals surface area (Å²) < 4.78 is 10.6. The molecule has 1 amide bonds. The van der Waals surface area contributed by atoms with Crippen LogP contribution in [0.2, 0.25) is 0 Å². The predicted molar refractivity (Wildman–Crippen MR) is 78.3 cm³/mol. The lowest BCUT2D eigenvalue weighted by molar-refractivity contribution is 0.0785. The third kappa shape index (κ3) is 3.09. The van der Waals surface area contributed by atoms with Gasteiger partial charge < -0.3 is 19.9 Å². The van der Waals surface area contributed by atoms with E-state index in [4.69, 9.17) is 15.0 Å². The highest BCUT2D eigenvalue weighted by molar-refractivity contribution is 5.97. The van der Waals surface area contributed by atoms with Crippen molar-refractivity contribution < 1.29 is 14.1 Å². The van der Waals surface area contributed by atoms with E-state index in [1.807, 2.05) is 12.1 Å². The van der Waals surface area contributed by atoms with Crippen LogP contribution in [-0.2, 0) is 6.61 Å². The Hall–Kier alpha value is -2.41. The molecule has 0 unspecified atom stereocenters. The summed E-state index contributed by atoms with van der Waals surface area (Å²) in [6, 6.07) is 7.20. The van der Waals surface area contributed by atoms with E-state index in [9.17, 15) is 4.79 Å². The van der Waals surface area contributed by atoms with Crippen molar-refractivity contribution in [2.24, 2.45) is 5.73 Å². The molecule has 0 bridgehead atoms. The van der Waals surface area contributed by atoms with Crippen LogP contribution in [0.5, 0.6) is 5.75 Å². The molecule has 2 N–H and O–H groups in total. The minimum Gasteiger partial charge on any atom is -0.485 e. The van der Waals surface area contributed by atoms with E-state index in [-0.39, 0.29) is 18.6 Å². The van der Waals surface area contributed by atoms with Gasteiger partial charge in [0, 0.05) is 26.1 Å². The molecule has 0 aliphatic carbocycles. The lowest BCUT2D eigenvalue weighted by atomic mass is 10.2. The Labute approximate surface area is 128 Å². The molecule has 1 saturated heterocycles. The summed E-state index contributed by atoms with van der Waals surface area (Å²) in [6.07, 6.45) is 0.830. The molecule has 7 heteroatoms. The van der Waals surface area contributed by atoms with Crippen molar-refractivity contribution in [3.8, 4) is 5.75 Å². The van der Waals surface area contributed by atoms with Crippen molar-refractivity contribution in [2.45, 2.75) is 26.0 Å². The molecule has 2 aromatic rings. The van der Waals surface area contributed by atoms with Crippen molar-refractivity contribution >= 4 is 5.91 Å². The normalized spacial score (nSPS) is 17.7. The Balaban J connectivity index is 1.73. The van der Waals surface area contributed by atoms with Crippen molar-refractivity contribution in [2.75, 3.05) is 13.1 Å². The van der Waals surface area contributed by atoms with Crippen LogP contribution in [0.3, 0.4) is 0 Å². The second-order valence-corrected chi connectivity index (χ2v) is 5.31. The highest BCUT2D eigenvalue weighted by atomic mass is 16.5. The van der Waals surface area contributed by atoms with Crippen LogP contribution in [0.15, 0.2) is 28.8 Å². The number of likely N-dealkylation sites (tertiary alicyclic amines) is 1. The zero-order chi connectivity index (χ0) is 15.5. The average molecular weight is 302 g/mol. The summed E-state index contributed by atoms with van der Waals surface area (Å²) in [7, 11) is 0. The lowest BCUT2D eigenvalue weighted by Gasteiger charge is -2.17. The number of nitrogens with two attached hydrogens (primary N) is 1. The molecule has 0 spiro atoms. The maximum Gasteiger partial charge on any atom is 0.257 e. The number of amides is 1. The van der Waals surface area contributed by atoms with Crippen LogP contribution in [0.4, 0.5) is 0 Å². The molecule has 3 rings (SSSR count). The molecule has 7 nitrogen and oxygen atoms in total. The largest absolute Gasteiger partial charge is 0.485 e. The minimum absolute atomic E-state index is 0.0549. The fourth-order valence-corrected chi connectivity index (χ4v) is 2.45. The number of para-hydroxylation sites is 1. The SMILES string of the molecule is Cc1nc(COc2ccccc2C(=O)N2CC[C@@H](N)C2)no1. The molecule has 1 fully saturated rings. The van der Waals surface area contributed by atoms with Crippen LogP contribution < -0.4 is 10.5 Å². The quantitative estimate of drug-likeness (QED) is 0.909. The number of hydrogen-bond donors (Lipinski definition) is 1. The second kappa shape index (κ2) is 6.15. The second-order valence-electron chi connectivity index (χ2n) is 5.31. The Kier molecular flexibility index (Phi) is 4.06. The molecular formula is C15H18N4O3. The number of nitrogens with zero attached hydrogens (tertiary/aromatic N) is 3. The van der Waals surface area contributed by atoms with E-state index in [2.05, 4.69) is 10.1 Å². The molecular weight excluding hydrogens is 284 g/mol. The Morgan fingerprint density at radius 2 is 2.32 bits per heavy atom. The summed E-state index contributed by atoms with van der Waals surface area (Å²) in [5.41, 5.74) is 6.39. The van der Waals surface area contributed by atoms with Gasteiger partial charge in [-0.05, 0) is 18.6 Å². The summed E-state index contributed by atoms with van der Waals surface area (Å²) in [5, 5.41) is 3.77. The predicted octanol–water partition coefficient (Wildman–Crippen LogP) is 1.13. The van der Waals surface area contributed by atoms with Crippen molar-refractivity contribution in [1.29, 1.82) is 0 Å². The number of aryl methyl sites for hydroxylation is 1. The Bertz CT molecular complexity index is 670. The van der Waals surface area contributed by atoms with Gasteiger partial charge in [0.25, 0.3) is 5.91 Å². The van der Waals surface area contributed by atoms with E-state index in [0.717, 1.165) is 6.42 Å². The number of benzene rings is 1. The number of aromatic nitrogens is 2. The van der Waals surface area contributed by atoms with Crippen molar-refractivity contribution in [1.82, 2.24) is 15.0 Å². The van der Waals surface area contributed by atoms with E-state index >= 15 is 0 Å². The van der Waals surface area contributed by atoms with Crippen molar-refractivity contribution in [3.05, 3.63) is 41.5 Å². The van der Waals surface area contributed by atoms with Gasteiger partial charge in [-0.1, -0.05) is 17.3 Å². The maximum atomic E-state index is 12.6. The lowest BCUT2D eigenvalue weighted by Crippen LogP contribution is -2.32. The summed E-state index contributed by atoms with van der Waals surface area (Å²) in [6.45, 7) is 3.13. The number of carbonyl (C=O) groups excluding carboxylic acids is 1. The van der Waals surface area contributed by atoms with Gasteiger partial charge in [-0.15, -0.1) is 0 Å². The molecule has 116 valence electrons. The van der Waals surface area contributed by atoms with Crippen molar-refractivity contribution in [3.63, 3.8) is 0 Å². The van der Waals surface area contributed by atoms with E-state index < -0.39 is 0 Å². The third-order valence-electron chi connectivity index (χ3n) is 3.56. The van der Waals surface area contributed by atoms with Gasteiger partial charge >= 0.3 is 0 Å². The molecule has 0 saturated carbocycles. The molecule has 1 aromatic heterocycles. The first-order chi connectivity index (χ1) is 10.6. The average Bonchev–Trinajstić information content (AvgIpc) is 3.13. The molecule has 1 aliphatic rings. The highest BCUT2D eigenvalue weighted by Crippen LogP contribution is 2.22. The molecule has 22 heavy (non-hydrogen) atoms. The minimum atomic E-state index is -0.0622. The monoisotopic (exact) mass is 302 g/mol. The number of rotatable bonds is 4. The van der Waals surface area contributed by atoms with Crippen LogP contribution in [0.1, 0.15) is 28.5 Å². The van der Waals surface area contributed by atoms with Gasteiger partial charge in [0.2, 0.25) is 11.7 Å². The van der Waals surface area contributed by atoms with Gasteiger partial charge in [-0.25, -0.2) is 0 Å². The van der Waals surface area contributed by atoms with E-state index in [0.29, 0.717) is 36.1 Å². The van der Waals surface area contributed by atoms with Crippen LogP contribution in [0, 0.1) is 6.92 Å². The van der Waals surface area contributed by atoms with Gasteiger partial charge in [-0.3, -0.25) is 4.79 Å². The summed E-state index contributed by atoms with van der Waals surface area (Å²) >= 11 is 0. The molecule has 1 aliphatic heterocycles. The van der Waals surface area contributed by atoms with Crippen LogP contribution in [0.25, 0.3) is 0 Å². The van der Waals surface area contributed by atoms with E-state index in [1.165, 1.54) is 0 Å². The first kappa shape index (κ1) is 14.5. The number of ether oxygens (including phenoxy) is 1.